The van der Waals surface area contributed by atoms with E-state index in [1.54, 1.807) is 0 Å². The zero-order valence-electron chi connectivity index (χ0n) is 6.61. The number of aliphatic imine (C=N–C) groups is 1. The first-order valence-electron chi connectivity index (χ1n) is 3.11. The average Bonchev–Trinajstić information content (AvgIpc) is 1.87. The summed E-state index contributed by atoms with van der Waals surface area (Å²) in [5.74, 6) is 0. The van der Waals surface area contributed by atoms with Gasteiger partial charge < -0.3 is 0 Å². The Morgan fingerprint density at radius 1 is 1.50 bits per heavy atom. The van der Waals surface area contributed by atoms with Crippen molar-refractivity contribution in [2.24, 2.45) is 4.99 Å². The second-order valence-electron chi connectivity index (χ2n) is 2.09. The van der Waals surface area contributed by atoms with Gasteiger partial charge in [0.2, 0.25) is 0 Å². The van der Waals surface area contributed by atoms with E-state index in [1.807, 2.05) is 26.8 Å². The van der Waals surface area contributed by atoms with E-state index in [-0.39, 0.29) is 0 Å². The van der Waals surface area contributed by atoms with E-state index in [0.29, 0.717) is 0 Å². The maximum absolute atomic E-state index is 4.19. The summed E-state index contributed by atoms with van der Waals surface area (Å²) in [6, 6.07) is 0. The third-order valence-corrected chi connectivity index (χ3v) is 1.77. The number of allylic oxidation sites excluding steroid dienone is 2. The van der Waals surface area contributed by atoms with Crippen molar-refractivity contribution in [3.05, 3.63) is 22.8 Å². The van der Waals surface area contributed by atoms with Gasteiger partial charge in [-0.25, -0.2) is 4.99 Å². The molecule has 0 heterocycles. The van der Waals surface area contributed by atoms with Crippen LogP contribution in [0.5, 0.6) is 0 Å². The molecule has 0 fully saturated rings. The zero-order valence-corrected chi connectivity index (χ0v) is 8.20. The Morgan fingerprint density at radius 2 is 2.00 bits per heavy atom. The van der Waals surface area contributed by atoms with E-state index >= 15 is 0 Å². The van der Waals surface area contributed by atoms with Crippen LogP contribution >= 0.6 is 15.9 Å². The van der Waals surface area contributed by atoms with Gasteiger partial charge in [0.05, 0.1) is 0 Å². The molecule has 0 aliphatic heterocycles. The first-order valence-corrected chi connectivity index (χ1v) is 3.90. The van der Waals surface area contributed by atoms with Crippen LogP contribution in [0.1, 0.15) is 20.8 Å². The molecule has 10 heavy (non-hydrogen) atoms. The first kappa shape index (κ1) is 9.63. The monoisotopic (exact) mass is 201 g/mol. The zero-order chi connectivity index (χ0) is 8.15. The van der Waals surface area contributed by atoms with E-state index in [2.05, 4.69) is 27.5 Å². The van der Waals surface area contributed by atoms with Gasteiger partial charge in [-0.1, -0.05) is 12.7 Å². The first-order chi connectivity index (χ1) is 4.57. The van der Waals surface area contributed by atoms with Crippen LogP contribution in [0, 0.1) is 0 Å². The third kappa shape index (κ3) is 3.62. The van der Waals surface area contributed by atoms with Crippen LogP contribution in [-0.2, 0) is 0 Å². The molecule has 0 atom stereocenters. The summed E-state index contributed by atoms with van der Waals surface area (Å²) in [6.07, 6.45) is 1.90. The molecule has 0 N–H and O–H groups in total. The minimum Gasteiger partial charge on any atom is -0.246 e. The van der Waals surface area contributed by atoms with E-state index < -0.39 is 0 Å². The van der Waals surface area contributed by atoms with Crippen molar-refractivity contribution < 1.29 is 0 Å². The van der Waals surface area contributed by atoms with E-state index in [1.165, 1.54) is 0 Å². The number of rotatable bonds is 2. The lowest BCUT2D eigenvalue weighted by atomic mass is 10.2. The average molecular weight is 202 g/mol. The maximum Gasteiger partial charge on any atom is 0.102 e. The Hall–Kier alpha value is -0.370. The topological polar surface area (TPSA) is 12.4 Å². The summed E-state index contributed by atoms with van der Waals surface area (Å²) in [5, 5.41) is 0. The van der Waals surface area contributed by atoms with Crippen molar-refractivity contribution in [3.63, 3.8) is 0 Å². The maximum atomic E-state index is 4.19. The summed E-state index contributed by atoms with van der Waals surface area (Å²) in [6.45, 7) is 9.57. The lowest BCUT2D eigenvalue weighted by Gasteiger charge is -1.95. The van der Waals surface area contributed by atoms with Crippen LogP contribution in [0.15, 0.2) is 27.8 Å². The molecule has 0 aromatic heterocycles. The molecule has 56 valence electrons. The molecule has 0 saturated carbocycles. The fourth-order valence-corrected chi connectivity index (χ4v) is 0.586. The van der Waals surface area contributed by atoms with E-state index in [0.717, 1.165) is 15.9 Å². The SMILES string of the molecule is C=C(C)/C(C)=N\C(Br)=C/C. The quantitative estimate of drug-likeness (QED) is 0.481. The highest BCUT2D eigenvalue weighted by Crippen LogP contribution is 2.07. The van der Waals surface area contributed by atoms with Crippen molar-refractivity contribution in [2.75, 3.05) is 0 Å². The molecule has 2 heteroatoms. The minimum absolute atomic E-state index is 0.855. The Balaban J connectivity index is 4.31. The summed E-state index contributed by atoms with van der Waals surface area (Å²) in [4.78, 5) is 4.19. The summed E-state index contributed by atoms with van der Waals surface area (Å²) >= 11 is 3.28. The molecular weight excluding hydrogens is 190 g/mol. The summed E-state index contributed by atoms with van der Waals surface area (Å²) in [5.41, 5.74) is 1.96. The summed E-state index contributed by atoms with van der Waals surface area (Å²) < 4.78 is 0.855. The van der Waals surface area contributed by atoms with Crippen LogP contribution < -0.4 is 0 Å². The molecule has 1 nitrogen and oxygen atoms in total. The second kappa shape index (κ2) is 4.45. The molecule has 0 bridgehead atoms. The molecule has 0 unspecified atom stereocenters. The highest BCUT2D eigenvalue weighted by atomic mass is 79.9. The van der Waals surface area contributed by atoms with Crippen molar-refractivity contribution in [1.29, 1.82) is 0 Å². The largest absolute Gasteiger partial charge is 0.246 e. The molecule has 0 rings (SSSR count). The van der Waals surface area contributed by atoms with Gasteiger partial charge in [0.15, 0.2) is 0 Å². The van der Waals surface area contributed by atoms with Gasteiger partial charge >= 0.3 is 0 Å². The number of hydrogen-bond acceptors (Lipinski definition) is 1. The molecule has 0 radical (unpaired) electrons. The molecule has 0 spiro atoms. The van der Waals surface area contributed by atoms with E-state index in [4.69, 9.17) is 0 Å². The van der Waals surface area contributed by atoms with Crippen LogP contribution in [0.4, 0.5) is 0 Å². The predicted octanol–water partition coefficient (Wildman–Crippen LogP) is 3.28. The van der Waals surface area contributed by atoms with Crippen LogP contribution in [0.2, 0.25) is 0 Å². The van der Waals surface area contributed by atoms with E-state index in [9.17, 15) is 0 Å². The molecule has 0 aromatic rings. The Morgan fingerprint density at radius 3 is 2.30 bits per heavy atom. The van der Waals surface area contributed by atoms with Crippen molar-refractivity contribution >= 4 is 21.6 Å². The van der Waals surface area contributed by atoms with Gasteiger partial charge in [0, 0.05) is 5.71 Å². The summed E-state index contributed by atoms with van der Waals surface area (Å²) in [7, 11) is 0. The number of nitrogens with zero attached hydrogens (tertiary/aromatic N) is 1. The lowest BCUT2D eigenvalue weighted by molar-refractivity contribution is 1.44. The molecule has 0 amide bonds. The van der Waals surface area contributed by atoms with Gasteiger partial charge in [-0.15, -0.1) is 0 Å². The van der Waals surface area contributed by atoms with Gasteiger partial charge in [-0.2, -0.15) is 0 Å². The third-order valence-electron chi connectivity index (χ3n) is 1.13. The Kier molecular flexibility index (Phi) is 4.28. The highest BCUT2D eigenvalue weighted by Gasteiger charge is 1.90. The molecule has 0 aliphatic carbocycles. The smallest absolute Gasteiger partial charge is 0.102 e. The lowest BCUT2D eigenvalue weighted by Crippen LogP contribution is -1.90. The second-order valence-corrected chi connectivity index (χ2v) is 2.90. The Bertz CT molecular complexity index is 189. The molecule has 0 aliphatic rings. The van der Waals surface area contributed by atoms with Gasteiger partial charge in [-0.05, 0) is 42.3 Å². The number of hydrogen-bond donors (Lipinski definition) is 0. The fourth-order valence-electron chi connectivity index (χ4n) is 0.320. The number of halogens is 1. The molecule has 0 aromatic carbocycles. The normalized spacial score (nSPS) is 13.6. The molecule has 0 saturated heterocycles. The highest BCUT2D eigenvalue weighted by molar-refractivity contribution is 9.11. The van der Waals surface area contributed by atoms with Crippen molar-refractivity contribution in [3.8, 4) is 0 Å². The Labute approximate surface area is 70.7 Å². The van der Waals surface area contributed by atoms with Crippen molar-refractivity contribution in [1.82, 2.24) is 0 Å². The van der Waals surface area contributed by atoms with Crippen LogP contribution in [0.25, 0.3) is 0 Å². The van der Waals surface area contributed by atoms with Gasteiger partial charge in [-0.3, -0.25) is 0 Å². The van der Waals surface area contributed by atoms with Gasteiger partial charge in [0.1, 0.15) is 4.61 Å². The van der Waals surface area contributed by atoms with Crippen LogP contribution in [0.3, 0.4) is 0 Å². The standard InChI is InChI=1S/C8H12BrN/c1-5-8(9)10-7(4)6(2)3/h5H,2H2,1,3-4H3/b8-5-,10-7-. The van der Waals surface area contributed by atoms with Crippen LogP contribution in [-0.4, -0.2) is 5.71 Å². The fraction of sp³-hybridized carbons (Fsp3) is 0.375. The van der Waals surface area contributed by atoms with Crippen molar-refractivity contribution in [2.45, 2.75) is 20.8 Å². The molecular formula is C8H12BrN. The predicted molar refractivity (Wildman–Crippen MR) is 50.6 cm³/mol. The van der Waals surface area contributed by atoms with Gasteiger partial charge in [0.25, 0.3) is 0 Å². The minimum atomic E-state index is 0.855.